The van der Waals surface area contributed by atoms with Gasteiger partial charge in [0.25, 0.3) is 5.91 Å². The molecule has 3 rings (SSSR count). The fraction of sp³-hybridized carbons (Fsp3) is 0.375. The predicted molar refractivity (Wildman–Crippen MR) is 87.6 cm³/mol. The molecule has 0 spiro atoms. The van der Waals surface area contributed by atoms with E-state index in [9.17, 15) is 14.9 Å². The Labute approximate surface area is 139 Å². The average Bonchev–Trinajstić information content (AvgIpc) is 3.07. The Morgan fingerprint density at radius 3 is 2.50 bits per heavy atom. The molecule has 8 nitrogen and oxygen atoms in total. The molecule has 2 aromatic rings. The minimum atomic E-state index is -0.594. The number of carbonyl (C=O) groups is 1. The summed E-state index contributed by atoms with van der Waals surface area (Å²) in [6.07, 6.45) is 0. The number of aryl methyl sites for hydroxylation is 1. The van der Waals surface area contributed by atoms with Crippen molar-refractivity contribution < 1.29 is 9.72 Å². The van der Waals surface area contributed by atoms with Crippen molar-refractivity contribution in [2.45, 2.75) is 13.5 Å². The number of piperazine rings is 1. The van der Waals surface area contributed by atoms with E-state index in [2.05, 4.69) is 46.3 Å². The summed E-state index contributed by atoms with van der Waals surface area (Å²) in [7, 11) is 0. The molecule has 1 fully saturated rings. The molecule has 1 aliphatic rings. The second-order valence-electron chi connectivity index (χ2n) is 5.95. The zero-order valence-electron chi connectivity index (χ0n) is 13.4. The number of H-pyrrole nitrogens is 1. The Morgan fingerprint density at radius 1 is 1.25 bits per heavy atom. The Morgan fingerprint density at radius 2 is 1.92 bits per heavy atom. The molecule has 1 aromatic heterocycles. The lowest BCUT2D eigenvalue weighted by Gasteiger charge is -2.34. The third-order valence-corrected chi connectivity index (χ3v) is 4.17. The lowest BCUT2D eigenvalue weighted by atomic mass is 10.1. The van der Waals surface area contributed by atoms with Crippen molar-refractivity contribution >= 4 is 11.7 Å². The molecular weight excluding hydrogens is 310 g/mol. The second kappa shape index (κ2) is 6.79. The molecule has 126 valence electrons. The molecule has 1 aliphatic heterocycles. The molecule has 0 atom stereocenters. The SMILES string of the molecule is Cc1ccc(CN2CCN(C(=O)c3cc([N+](=O)[O-])[nH]n3)CC2)cc1. The van der Waals surface area contributed by atoms with E-state index in [1.807, 2.05) is 0 Å². The van der Waals surface area contributed by atoms with Gasteiger partial charge in [0.05, 0.1) is 6.07 Å². The topological polar surface area (TPSA) is 95.4 Å². The van der Waals surface area contributed by atoms with Crippen LogP contribution in [0.15, 0.2) is 30.3 Å². The van der Waals surface area contributed by atoms with E-state index in [1.54, 1.807) is 4.90 Å². The fourth-order valence-corrected chi connectivity index (χ4v) is 2.74. The molecule has 24 heavy (non-hydrogen) atoms. The van der Waals surface area contributed by atoms with Crippen LogP contribution in [-0.4, -0.2) is 57.0 Å². The number of hydrogen-bond donors (Lipinski definition) is 1. The number of benzene rings is 1. The quantitative estimate of drug-likeness (QED) is 0.679. The van der Waals surface area contributed by atoms with E-state index < -0.39 is 4.92 Å². The lowest BCUT2D eigenvalue weighted by Crippen LogP contribution is -2.48. The molecule has 0 aliphatic carbocycles. The smallest absolute Gasteiger partial charge is 0.343 e. The first-order chi connectivity index (χ1) is 11.5. The summed E-state index contributed by atoms with van der Waals surface area (Å²) in [4.78, 5) is 26.4. The molecule has 1 amide bonds. The highest BCUT2D eigenvalue weighted by molar-refractivity contribution is 5.92. The Bertz CT molecular complexity index is 732. The van der Waals surface area contributed by atoms with Crippen molar-refractivity contribution in [1.29, 1.82) is 0 Å². The van der Waals surface area contributed by atoms with Gasteiger partial charge in [-0.15, -0.1) is 5.10 Å². The van der Waals surface area contributed by atoms with Crippen molar-refractivity contribution in [2.24, 2.45) is 0 Å². The van der Waals surface area contributed by atoms with E-state index in [1.165, 1.54) is 17.2 Å². The summed E-state index contributed by atoms with van der Waals surface area (Å²) in [6, 6.07) is 9.62. The molecule has 0 unspecified atom stereocenters. The normalized spacial score (nSPS) is 15.5. The summed E-state index contributed by atoms with van der Waals surface area (Å²) in [5, 5.41) is 16.7. The van der Waals surface area contributed by atoms with Gasteiger partial charge in [-0.2, -0.15) is 0 Å². The Kier molecular flexibility index (Phi) is 4.57. The fourth-order valence-electron chi connectivity index (χ4n) is 2.74. The molecule has 8 heteroatoms. The number of hydrogen-bond acceptors (Lipinski definition) is 5. The van der Waals surface area contributed by atoms with Crippen molar-refractivity contribution in [3.05, 3.63) is 57.3 Å². The monoisotopic (exact) mass is 329 g/mol. The second-order valence-corrected chi connectivity index (χ2v) is 5.95. The Hall–Kier alpha value is -2.74. The first-order valence-corrected chi connectivity index (χ1v) is 7.80. The summed E-state index contributed by atoms with van der Waals surface area (Å²) in [5.41, 5.74) is 2.58. The van der Waals surface area contributed by atoms with Gasteiger partial charge in [-0.3, -0.25) is 9.69 Å². The van der Waals surface area contributed by atoms with Gasteiger partial charge in [-0.1, -0.05) is 34.9 Å². The average molecular weight is 329 g/mol. The number of carbonyl (C=O) groups excluding carboxylic acids is 1. The summed E-state index contributed by atoms with van der Waals surface area (Å²) >= 11 is 0. The number of aromatic amines is 1. The minimum Gasteiger partial charge on any atom is -0.358 e. The van der Waals surface area contributed by atoms with Crippen molar-refractivity contribution in [1.82, 2.24) is 20.0 Å². The molecule has 2 heterocycles. The highest BCUT2D eigenvalue weighted by Crippen LogP contribution is 2.14. The number of amides is 1. The van der Waals surface area contributed by atoms with Crippen LogP contribution in [0, 0.1) is 17.0 Å². The van der Waals surface area contributed by atoms with Crippen LogP contribution in [0.25, 0.3) is 0 Å². The van der Waals surface area contributed by atoms with Gasteiger partial charge in [0.15, 0.2) is 5.69 Å². The highest BCUT2D eigenvalue weighted by Gasteiger charge is 2.25. The van der Waals surface area contributed by atoms with Gasteiger partial charge in [-0.05, 0) is 17.4 Å². The number of aromatic nitrogens is 2. The number of nitrogens with one attached hydrogen (secondary N) is 1. The van der Waals surface area contributed by atoms with Crippen LogP contribution in [0.5, 0.6) is 0 Å². The largest absolute Gasteiger partial charge is 0.358 e. The van der Waals surface area contributed by atoms with E-state index in [4.69, 9.17) is 0 Å². The van der Waals surface area contributed by atoms with Crippen LogP contribution in [0.1, 0.15) is 21.6 Å². The molecule has 0 radical (unpaired) electrons. The van der Waals surface area contributed by atoms with Crippen molar-refractivity contribution in [2.75, 3.05) is 26.2 Å². The van der Waals surface area contributed by atoms with Crippen molar-refractivity contribution in [3.63, 3.8) is 0 Å². The van der Waals surface area contributed by atoms with Gasteiger partial charge in [0, 0.05) is 32.7 Å². The van der Waals surface area contributed by atoms with Crippen LogP contribution in [-0.2, 0) is 6.54 Å². The molecular formula is C16H19N5O3. The van der Waals surface area contributed by atoms with Gasteiger partial charge >= 0.3 is 5.82 Å². The summed E-state index contributed by atoms with van der Waals surface area (Å²) in [6.45, 7) is 5.64. The third-order valence-electron chi connectivity index (χ3n) is 4.17. The van der Waals surface area contributed by atoms with Crippen LogP contribution in [0.2, 0.25) is 0 Å². The molecule has 1 saturated heterocycles. The van der Waals surface area contributed by atoms with Gasteiger partial charge < -0.3 is 15.0 Å². The van der Waals surface area contributed by atoms with Crippen LogP contribution in [0.4, 0.5) is 5.82 Å². The Balaban J connectivity index is 1.55. The van der Waals surface area contributed by atoms with Gasteiger partial charge in [-0.25, -0.2) is 0 Å². The van der Waals surface area contributed by atoms with E-state index in [-0.39, 0.29) is 17.4 Å². The highest BCUT2D eigenvalue weighted by atomic mass is 16.6. The maximum absolute atomic E-state index is 12.3. The summed E-state index contributed by atoms with van der Waals surface area (Å²) < 4.78 is 0. The zero-order valence-corrected chi connectivity index (χ0v) is 13.4. The first kappa shape index (κ1) is 16.1. The maximum Gasteiger partial charge on any atom is 0.343 e. The van der Waals surface area contributed by atoms with Crippen molar-refractivity contribution in [3.8, 4) is 0 Å². The lowest BCUT2D eigenvalue weighted by molar-refractivity contribution is -0.389. The number of nitro groups is 1. The maximum atomic E-state index is 12.3. The van der Waals surface area contributed by atoms with E-state index >= 15 is 0 Å². The summed E-state index contributed by atoms with van der Waals surface area (Å²) in [5.74, 6) is -0.536. The predicted octanol–water partition coefficient (Wildman–Crippen LogP) is 1.58. The molecule has 1 N–H and O–H groups in total. The molecule has 0 saturated carbocycles. The standard InChI is InChI=1S/C16H19N5O3/c1-12-2-4-13(5-3-12)11-19-6-8-20(9-7-19)16(22)14-10-15(18-17-14)21(23)24/h2-5,10H,6-9,11H2,1H3,(H,17,18). The minimum absolute atomic E-state index is 0.0914. The van der Waals surface area contributed by atoms with Crippen LogP contribution < -0.4 is 0 Å². The van der Waals surface area contributed by atoms with Crippen LogP contribution in [0.3, 0.4) is 0 Å². The number of rotatable bonds is 4. The molecule has 0 bridgehead atoms. The van der Waals surface area contributed by atoms with Crippen LogP contribution >= 0.6 is 0 Å². The van der Waals surface area contributed by atoms with E-state index in [0.29, 0.717) is 13.1 Å². The van der Waals surface area contributed by atoms with Gasteiger partial charge in [0.2, 0.25) is 0 Å². The number of nitrogens with zero attached hydrogens (tertiary/aromatic N) is 4. The van der Waals surface area contributed by atoms with Gasteiger partial charge in [0.1, 0.15) is 0 Å². The zero-order chi connectivity index (χ0) is 17.1. The van der Waals surface area contributed by atoms with E-state index in [0.717, 1.165) is 19.6 Å². The molecule has 1 aromatic carbocycles. The first-order valence-electron chi connectivity index (χ1n) is 7.80. The third kappa shape index (κ3) is 3.60.